The minimum atomic E-state index is -0.465. The van der Waals surface area contributed by atoms with Gasteiger partial charge in [0.25, 0.3) is 5.91 Å². The molecule has 0 bridgehead atoms. The van der Waals surface area contributed by atoms with E-state index >= 15 is 0 Å². The summed E-state index contributed by atoms with van der Waals surface area (Å²) in [6.45, 7) is 4.12. The number of amides is 1. The number of carbonyl (C=O) groups excluding carboxylic acids is 1. The van der Waals surface area contributed by atoms with Crippen molar-refractivity contribution < 1.29 is 4.79 Å². The molecule has 4 nitrogen and oxygen atoms in total. The maximum absolute atomic E-state index is 12.4. The molecule has 1 amide bonds. The average Bonchev–Trinajstić information content (AvgIpc) is 2.50. The molecule has 1 saturated carbocycles. The molecule has 0 aromatic heterocycles. The third-order valence-corrected chi connectivity index (χ3v) is 5.25. The largest absolute Gasteiger partial charge is 0.328 e. The predicted molar refractivity (Wildman–Crippen MR) is 94.0 cm³/mol. The summed E-state index contributed by atoms with van der Waals surface area (Å²) in [5.41, 5.74) is 2.94. The summed E-state index contributed by atoms with van der Waals surface area (Å²) in [4.78, 5) is 14.4. The lowest BCUT2D eigenvalue weighted by Gasteiger charge is -2.50. The van der Waals surface area contributed by atoms with Gasteiger partial charge in [-0.3, -0.25) is 4.79 Å². The molecule has 0 radical (unpaired) electrons. The number of hydrogen-bond donors (Lipinski definition) is 2. The van der Waals surface area contributed by atoms with Crippen LogP contribution in [0.2, 0.25) is 0 Å². The number of benzene rings is 1. The van der Waals surface area contributed by atoms with Gasteiger partial charge in [0.1, 0.15) is 17.3 Å². The molecule has 1 aromatic carbocycles. The summed E-state index contributed by atoms with van der Waals surface area (Å²) in [6, 6.07) is 8.24. The van der Waals surface area contributed by atoms with Crippen molar-refractivity contribution in [3.8, 4) is 6.07 Å². The van der Waals surface area contributed by atoms with Gasteiger partial charge in [-0.25, -0.2) is 0 Å². The van der Waals surface area contributed by atoms with Crippen molar-refractivity contribution in [2.24, 2.45) is 0 Å². The van der Waals surface area contributed by atoms with Crippen molar-refractivity contribution in [2.75, 3.05) is 4.90 Å². The molecule has 1 N–H and O–H groups in total. The van der Waals surface area contributed by atoms with Crippen LogP contribution in [0.25, 0.3) is 0 Å². The lowest BCUT2D eigenvalue weighted by atomic mass is 9.85. The summed E-state index contributed by atoms with van der Waals surface area (Å²) in [5.74, 6) is -0.305. The van der Waals surface area contributed by atoms with Gasteiger partial charge in [-0.1, -0.05) is 24.1 Å². The highest BCUT2D eigenvalue weighted by molar-refractivity contribution is 7.84. The highest BCUT2D eigenvalue weighted by Gasteiger charge is 2.46. The third kappa shape index (κ3) is 2.61. The number of rotatable bonds is 1. The van der Waals surface area contributed by atoms with Crippen LogP contribution in [0.3, 0.4) is 0 Å². The lowest BCUT2D eigenvalue weighted by Crippen LogP contribution is -2.64. The molecule has 0 unspecified atom stereocenters. The zero-order valence-corrected chi connectivity index (χ0v) is 14.4. The first-order chi connectivity index (χ1) is 11.0. The van der Waals surface area contributed by atoms with Crippen LogP contribution in [0.15, 0.2) is 28.8 Å². The first-order valence-corrected chi connectivity index (χ1v) is 8.46. The Balaban J connectivity index is 2.19. The van der Waals surface area contributed by atoms with Crippen molar-refractivity contribution in [3.63, 3.8) is 0 Å². The van der Waals surface area contributed by atoms with Gasteiger partial charge >= 0.3 is 0 Å². The van der Waals surface area contributed by atoms with Crippen LogP contribution < -0.4 is 10.2 Å². The minimum absolute atomic E-state index is 0.0875. The van der Waals surface area contributed by atoms with Crippen LogP contribution in [-0.4, -0.2) is 11.6 Å². The highest BCUT2D eigenvalue weighted by Crippen LogP contribution is 2.42. The van der Waals surface area contributed by atoms with Crippen LogP contribution in [0.4, 0.5) is 5.69 Å². The monoisotopic (exact) mass is 327 g/mol. The zero-order valence-electron chi connectivity index (χ0n) is 13.5. The Labute approximate surface area is 142 Å². The van der Waals surface area contributed by atoms with Gasteiger partial charge in [0, 0.05) is 5.69 Å². The minimum Gasteiger partial charge on any atom is -0.328 e. The fourth-order valence-electron chi connectivity index (χ4n) is 3.73. The molecule has 120 valence electrons. The molecule has 3 rings (SSSR count). The van der Waals surface area contributed by atoms with Gasteiger partial charge in [-0.2, -0.15) is 5.26 Å². The summed E-state index contributed by atoms with van der Waals surface area (Å²) in [6.07, 6.45) is 5.04. The summed E-state index contributed by atoms with van der Waals surface area (Å²) >= 11 is 4.58. The van der Waals surface area contributed by atoms with Crippen LogP contribution in [0.5, 0.6) is 0 Å². The number of hydrogen-bond acceptors (Lipinski definition) is 4. The van der Waals surface area contributed by atoms with E-state index in [4.69, 9.17) is 0 Å². The molecule has 1 heterocycles. The normalized spacial score (nSPS) is 20.4. The van der Waals surface area contributed by atoms with E-state index < -0.39 is 5.66 Å². The van der Waals surface area contributed by atoms with Gasteiger partial charge in [0.05, 0.1) is 5.03 Å². The number of nitriles is 1. The number of anilines is 1. The molecule has 0 atom stereocenters. The fraction of sp³-hybridized carbons (Fsp3) is 0.444. The van der Waals surface area contributed by atoms with Gasteiger partial charge in [0.2, 0.25) is 0 Å². The van der Waals surface area contributed by atoms with Gasteiger partial charge < -0.3 is 10.2 Å². The number of thiol groups is 1. The van der Waals surface area contributed by atoms with Gasteiger partial charge in [-0.15, -0.1) is 12.6 Å². The second-order valence-electron chi connectivity index (χ2n) is 6.48. The standard InChI is InChI=1S/C18H21N3OS/c1-12-6-7-15(13(2)10-12)21-17(23)14(11-19)16(22)20-18(21)8-4-3-5-9-18/h6-7,10,23H,3-5,8-9H2,1-2H3,(H,20,22). The third-order valence-electron chi connectivity index (χ3n) is 4.82. The SMILES string of the molecule is Cc1ccc(N2C(S)=C(C#N)C(=O)NC23CCCCC3)c(C)c1. The van der Waals surface area contributed by atoms with E-state index in [1.807, 2.05) is 6.07 Å². The quantitative estimate of drug-likeness (QED) is 0.775. The van der Waals surface area contributed by atoms with Crippen LogP contribution >= 0.6 is 12.6 Å². The van der Waals surface area contributed by atoms with E-state index in [-0.39, 0.29) is 11.5 Å². The number of carbonyl (C=O) groups is 1. The number of nitrogens with one attached hydrogen (secondary N) is 1. The summed E-state index contributed by atoms with van der Waals surface area (Å²) in [5, 5.41) is 12.9. The van der Waals surface area contributed by atoms with Crippen molar-refractivity contribution in [2.45, 2.75) is 51.6 Å². The molecule has 23 heavy (non-hydrogen) atoms. The van der Waals surface area contributed by atoms with E-state index in [2.05, 4.69) is 54.9 Å². The smallest absolute Gasteiger partial charge is 0.266 e. The van der Waals surface area contributed by atoms with E-state index in [9.17, 15) is 10.1 Å². The van der Waals surface area contributed by atoms with Gasteiger partial charge in [-0.05, 0) is 51.2 Å². The molecule has 1 aliphatic heterocycles. The molecule has 1 fully saturated rings. The Hall–Kier alpha value is -1.93. The molecule has 1 spiro atoms. The average molecular weight is 327 g/mol. The van der Waals surface area contributed by atoms with Crippen molar-refractivity contribution in [3.05, 3.63) is 39.9 Å². The van der Waals surface area contributed by atoms with E-state index in [0.29, 0.717) is 5.03 Å². The molecule has 2 aliphatic rings. The van der Waals surface area contributed by atoms with Crippen LogP contribution in [0.1, 0.15) is 43.2 Å². The Morgan fingerprint density at radius 3 is 2.57 bits per heavy atom. The Morgan fingerprint density at radius 1 is 1.26 bits per heavy atom. The first-order valence-electron chi connectivity index (χ1n) is 8.02. The molecule has 1 aliphatic carbocycles. The topological polar surface area (TPSA) is 56.1 Å². The van der Waals surface area contributed by atoms with Crippen LogP contribution in [-0.2, 0) is 4.79 Å². The lowest BCUT2D eigenvalue weighted by molar-refractivity contribution is -0.120. The number of nitrogens with zero attached hydrogens (tertiary/aromatic N) is 2. The molecular weight excluding hydrogens is 306 g/mol. The summed E-state index contributed by atoms with van der Waals surface area (Å²) < 4.78 is 0. The van der Waals surface area contributed by atoms with E-state index in [0.717, 1.165) is 36.9 Å². The first kappa shape index (κ1) is 15.9. The second kappa shape index (κ2) is 5.93. The van der Waals surface area contributed by atoms with Crippen molar-refractivity contribution in [1.82, 2.24) is 5.32 Å². The molecular formula is C18H21N3OS. The number of aryl methyl sites for hydroxylation is 2. The maximum Gasteiger partial charge on any atom is 0.266 e. The Bertz CT molecular complexity index is 726. The second-order valence-corrected chi connectivity index (χ2v) is 6.91. The summed E-state index contributed by atoms with van der Waals surface area (Å²) in [7, 11) is 0. The molecule has 0 saturated heterocycles. The van der Waals surface area contributed by atoms with Gasteiger partial charge in [0.15, 0.2) is 0 Å². The van der Waals surface area contributed by atoms with Crippen molar-refractivity contribution in [1.29, 1.82) is 5.26 Å². The predicted octanol–water partition coefficient (Wildman–Crippen LogP) is 3.57. The van der Waals surface area contributed by atoms with E-state index in [1.54, 1.807) is 0 Å². The highest BCUT2D eigenvalue weighted by atomic mass is 32.1. The maximum atomic E-state index is 12.4. The molecule has 1 aromatic rings. The van der Waals surface area contributed by atoms with Crippen molar-refractivity contribution >= 4 is 24.2 Å². The van der Waals surface area contributed by atoms with E-state index in [1.165, 1.54) is 12.0 Å². The molecule has 5 heteroatoms. The Morgan fingerprint density at radius 2 is 1.96 bits per heavy atom. The Kier molecular flexibility index (Phi) is 4.11. The zero-order chi connectivity index (χ0) is 16.6. The fourth-order valence-corrected chi connectivity index (χ4v) is 4.18. The van der Waals surface area contributed by atoms with Crippen LogP contribution in [0, 0.1) is 25.2 Å².